The number of nitrogens with two attached hydrogens (primary N) is 5. The van der Waals surface area contributed by atoms with Gasteiger partial charge < -0.3 is 122 Å². The van der Waals surface area contributed by atoms with Crippen LogP contribution in [-0.2, 0) is 13.1 Å². The summed E-state index contributed by atoms with van der Waals surface area (Å²) in [6.45, 7) is 12.1. The van der Waals surface area contributed by atoms with Gasteiger partial charge in [-0.25, -0.2) is 0 Å². The Bertz CT molecular complexity index is 387. The first-order valence-electron chi connectivity index (χ1n) is 8.90. The molecule has 2 rings (SSSR count). The number of rotatable bonds is 0. The predicted octanol–water partition coefficient (Wildman–Crippen LogP) is -18.7. The van der Waals surface area contributed by atoms with E-state index in [1.165, 1.54) is 63.5 Å². The molecule has 0 spiro atoms. The van der Waals surface area contributed by atoms with Crippen molar-refractivity contribution >= 4 is 37.2 Å². The number of hydrogen-bond donors (Lipinski definition) is 5. The second kappa shape index (κ2) is 31.1. The molecule has 0 aromatic heterocycles. The quantitative estimate of drug-likeness (QED) is 0.161. The molecular weight excluding hydrogens is 1150 g/mol. The van der Waals surface area contributed by atoms with Gasteiger partial charge in [-0.15, -0.1) is 0 Å². The van der Waals surface area contributed by atoms with Gasteiger partial charge in [0.1, 0.15) is 65.4 Å². The molecule has 0 unspecified atom stereocenters. The normalized spacial score (nSPS) is 16.1. The van der Waals surface area contributed by atoms with E-state index in [4.69, 9.17) is 0 Å². The second-order valence-electron chi connectivity index (χ2n) is 6.03. The van der Waals surface area contributed by atoms with Gasteiger partial charge in [-0.2, -0.15) is 0 Å². The molecular formula is C16H34I7N5. The largest absolute Gasteiger partial charge is 1.00 e. The van der Waals surface area contributed by atoms with Crippen molar-refractivity contribution in [1.82, 2.24) is 0 Å². The summed E-state index contributed by atoms with van der Waals surface area (Å²) in [6.07, 6.45) is 0. The topological polar surface area (TPSA) is 83.0 Å². The van der Waals surface area contributed by atoms with Crippen LogP contribution in [0.2, 0.25) is 0 Å². The maximum Gasteiger partial charge on any atom is 0.125 e. The molecule has 28 heavy (non-hydrogen) atoms. The fourth-order valence-corrected chi connectivity index (χ4v) is 2.80. The third-order valence-electron chi connectivity index (χ3n) is 4.05. The molecule has 0 fully saturated rings. The Labute approximate surface area is 268 Å². The van der Waals surface area contributed by atoms with Crippen molar-refractivity contribution in [2.45, 2.75) is 13.1 Å². The van der Waals surface area contributed by atoms with E-state index in [2.05, 4.69) is 88.1 Å². The first-order valence-corrected chi connectivity index (χ1v) is 21.5. The zero-order valence-electron chi connectivity index (χ0n) is 15.9. The van der Waals surface area contributed by atoms with Crippen molar-refractivity contribution in [1.29, 1.82) is 0 Å². The molecule has 1 heterocycles. The predicted molar refractivity (Wildman–Crippen MR) is 110 cm³/mol. The van der Waals surface area contributed by atoms with Gasteiger partial charge in [-0.1, -0.05) is 18.2 Å². The Morgan fingerprint density at radius 2 is 0.857 bits per heavy atom. The van der Waals surface area contributed by atoms with E-state index in [0.29, 0.717) is 13.3 Å². The zero-order chi connectivity index (χ0) is 17.3. The molecule has 10 N–H and O–H groups in total. The SMILES string of the molecule is I[I-]I.[I-].[I-].[I-].[I-].c1cc2cc(c1)C[NH2+]CC[NH2+]CC[NH2+]CC[NH2+]CC[NH2+]C2. The first kappa shape index (κ1) is 39.3. The summed E-state index contributed by atoms with van der Waals surface area (Å²) in [5.41, 5.74) is 2.92. The number of halogens is 7. The number of benzene rings is 1. The van der Waals surface area contributed by atoms with Crippen LogP contribution in [0.1, 0.15) is 11.1 Å². The second-order valence-corrected chi connectivity index (χ2v) is 22.3. The molecule has 12 heteroatoms. The summed E-state index contributed by atoms with van der Waals surface area (Å²) in [5, 5.41) is 12.2. The molecule has 1 aliphatic heterocycles. The molecule has 0 atom stereocenters. The molecule has 1 aliphatic rings. The standard InChI is InChI=1S/C16H29N5.I3.4HI/c1-2-15-12-16(3-1)14-21-11-9-19-7-5-17-4-6-18-8-10-20-13-15;1-3-2;;;;/h1-3,12,17-21H,4-11,13-14H2;;4*1H/q;-1;;;;/p+1. The third-order valence-corrected chi connectivity index (χ3v) is 4.05. The van der Waals surface area contributed by atoms with Gasteiger partial charge in [-0.05, 0) is 6.07 Å². The molecule has 1 aromatic carbocycles. The Kier molecular flexibility index (Phi) is 43.7. The van der Waals surface area contributed by atoms with Crippen LogP contribution in [0.4, 0.5) is 0 Å². The van der Waals surface area contributed by atoms with E-state index in [9.17, 15) is 0 Å². The third kappa shape index (κ3) is 24.8. The minimum absolute atomic E-state index is 0. The van der Waals surface area contributed by atoms with Gasteiger partial charge in [0.25, 0.3) is 0 Å². The van der Waals surface area contributed by atoms with Crippen molar-refractivity contribution in [2.24, 2.45) is 0 Å². The Balaban J connectivity index is -0.000000387. The number of hydrogen-bond acceptors (Lipinski definition) is 0. The van der Waals surface area contributed by atoms with Crippen LogP contribution >= 0.6 is 37.2 Å². The summed E-state index contributed by atoms with van der Waals surface area (Å²) in [5.74, 6) is 0. The average Bonchev–Trinajstić information content (AvgIpc) is 2.59. The molecule has 0 saturated heterocycles. The molecule has 0 aliphatic carbocycles. The molecule has 5 nitrogen and oxygen atoms in total. The first-order chi connectivity index (χ1) is 11.9. The van der Waals surface area contributed by atoms with Crippen molar-refractivity contribution in [3.05, 3.63) is 35.4 Å². The Morgan fingerprint density at radius 3 is 1.18 bits per heavy atom. The molecule has 0 saturated carbocycles. The van der Waals surface area contributed by atoms with Gasteiger partial charge in [0.2, 0.25) is 0 Å². The summed E-state index contributed by atoms with van der Waals surface area (Å²) in [4.78, 5) is 0. The van der Waals surface area contributed by atoms with Crippen molar-refractivity contribution in [2.75, 3.05) is 52.4 Å². The fourth-order valence-electron chi connectivity index (χ4n) is 2.80. The van der Waals surface area contributed by atoms with E-state index in [1.807, 2.05) is 0 Å². The minimum atomic E-state index is 0. The Morgan fingerprint density at radius 1 is 0.571 bits per heavy atom. The summed E-state index contributed by atoms with van der Waals surface area (Å²) < 4.78 is 0. The maximum absolute atomic E-state index is 2.45. The van der Waals surface area contributed by atoms with Crippen molar-refractivity contribution in [3.8, 4) is 0 Å². The number of fused-ring (bicyclic) bond motifs is 2. The molecule has 1 aromatic rings. The van der Waals surface area contributed by atoms with Crippen LogP contribution < -0.4 is 136 Å². The Hall–Kier alpha value is 4.13. The van der Waals surface area contributed by atoms with Gasteiger partial charge in [0.15, 0.2) is 0 Å². The summed E-state index contributed by atoms with van der Waals surface area (Å²) in [7, 11) is 0. The van der Waals surface area contributed by atoms with Gasteiger partial charge in [-0.3, -0.25) is 0 Å². The van der Waals surface area contributed by atoms with Crippen LogP contribution in [0.5, 0.6) is 0 Å². The smallest absolute Gasteiger partial charge is 0.125 e. The summed E-state index contributed by atoms with van der Waals surface area (Å²) >= 11 is 5.30. The number of quaternary nitrogens is 5. The van der Waals surface area contributed by atoms with E-state index in [-0.39, 0.29) is 95.9 Å². The molecule has 2 bridgehead atoms. The van der Waals surface area contributed by atoms with Crippen molar-refractivity contribution < 1.29 is 136 Å². The van der Waals surface area contributed by atoms with Crippen LogP contribution in [-0.4, -0.2) is 52.4 Å². The van der Waals surface area contributed by atoms with Gasteiger partial charge >= 0.3 is 50.5 Å². The fraction of sp³-hybridized carbons (Fsp3) is 0.625. The molecule has 172 valence electrons. The average molecular weight is 1180 g/mol. The van der Waals surface area contributed by atoms with Crippen molar-refractivity contribution in [3.63, 3.8) is 0 Å². The minimum Gasteiger partial charge on any atom is -1.00 e. The van der Waals surface area contributed by atoms with Crippen LogP contribution in [0, 0.1) is 0 Å². The maximum atomic E-state index is 2.45. The van der Waals surface area contributed by atoms with E-state index in [1.54, 1.807) is 0 Å². The van der Waals surface area contributed by atoms with E-state index < -0.39 is 0 Å². The van der Waals surface area contributed by atoms with E-state index >= 15 is 0 Å². The van der Waals surface area contributed by atoms with Gasteiger partial charge in [0.05, 0.1) is 0 Å². The van der Waals surface area contributed by atoms with Gasteiger partial charge in [0, 0.05) is 11.1 Å². The molecule has 0 radical (unpaired) electrons. The van der Waals surface area contributed by atoms with Crippen LogP contribution in [0.15, 0.2) is 24.3 Å². The van der Waals surface area contributed by atoms with Crippen LogP contribution in [0.25, 0.3) is 0 Å². The summed E-state index contributed by atoms with van der Waals surface area (Å²) in [6, 6.07) is 9.09. The molecule has 0 amide bonds. The monoisotopic (exact) mass is 1180 g/mol. The zero-order valence-corrected chi connectivity index (χ0v) is 31.0. The van der Waals surface area contributed by atoms with E-state index in [0.717, 1.165) is 13.1 Å². The van der Waals surface area contributed by atoms with Crippen LogP contribution in [0.3, 0.4) is 0 Å².